The van der Waals surface area contributed by atoms with Gasteiger partial charge in [0.1, 0.15) is 17.3 Å². The van der Waals surface area contributed by atoms with Crippen LogP contribution in [-0.4, -0.2) is 60.0 Å². The average Bonchev–Trinajstić information content (AvgIpc) is 2.85. The number of ether oxygens (including phenoxy) is 1. The highest BCUT2D eigenvalue weighted by Gasteiger charge is 2.35. The number of aromatic nitrogens is 2. The predicted molar refractivity (Wildman–Crippen MR) is 135 cm³/mol. The lowest BCUT2D eigenvalue weighted by Crippen LogP contribution is -2.42. The van der Waals surface area contributed by atoms with Crippen LogP contribution in [0.4, 0.5) is 0 Å². The van der Waals surface area contributed by atoms with Gasteiger partial charge >= 0.3 is 0 Å². The number of rotatable bonds is 6. The largest absolute Gasteiger partial charge is 0.496 e. The van der Waals surface area contributed by atoms with Crippen LogP contribution in [-0.2, 0) is 12.0 Å². The molecule has 0 N–H and O–H groups in total. The Balaban J connectivity index is 1.50. The van der Waals surface area contributed by atoms with Crippen LogP contribution in [0, 0.1) is 6.92 Å². The molecule has 0 spiro atoms. The summed E-state index contributed by atoms with van der Waals surface area (Å²) in [7, 11) is 5.23. The molecule has 4 rings (SSSR count). The fourth-order valence-electron chi connectivity index (χ4n) is 4.56. The molecule has 0 radical (unpaired) electrons. The predicted octanol–water partition coefficient (Wildman–Crippen LogP) is 4.72. The second-order valence-electron chi connectivity index (χ2n) is 9.65. The van der Waals surface area contributed by atoms with Crippen molar-refractivity contribution in [2.75, 3.05) is 34.3 Å². The number of nitrogens with zero attached hydrogens (tertiary/aromatic N) is 4. The lowest BCUT2D eigenvalue weighted by Gasteiger charge is -2.38. The molecule has 1 saturated heterocycles. The fourth-order valence-corrected chi connectivity index (χ4v) is 4.56. The molecule has 34 heavy (non-hydrogen) atoms. The molecule has 2 aromatic carbocycles. The highest BCUT2D eigenvalue weighted by Crippen LogP contribution is 2.35. The summed E-state index contributed by atoms with van der Waals surface area (Å²) in [6.07, 6.45) is 1.87. The van der Waals surface area contributed by atoms with Crippen LogP contribution in [0.25, 0.3) is 11.1 Å². The number of benzene rings is 2. The van der Waals surface area contributed by atoms with Crippen molar-refractivity contribution < 1.29 is 9.53 Å². The molecule has 0 bridgehead atoms. The lowest BCUT2D eigenvalue weighted by molar-refractivity contribution is 0.0820. The van der Waals surface area contributed by atoms with E-state index in [1.54, 1.807) is 32.2 Å². The van der Waals surface area contributed by atoms with Gasteiger partial charge in [-0.1, -0.05) is 43.3 Å². The first kappa shape index (κ1) is 23.9. The first-order chi connectivity index (χ1) is 16.3. The number of hydrogen-bond donors (Lipinski definition) is 0. The zero-order valence-electron chi connectivity index (χ0n) is 20.8. The Kier molecular flexibility index (Phi) is 6.98. The van der Waals surface area contributed by atoms with E-state index in [1.165, 1.54) is 16.7 Å². The van der Waals surface area contributed by atoms with Crippen molar-refractivity contribution in [2.24, 2.45) is 0 Å². The molecule has 6 heteroatoms. The summed E-state index contributed by atoms with van der Waals surface area (Å²) in [5.41, 5.74) is 4.75. The van der Waals surface area contributed by atoms with E-state index in [1.807, 2.05) is 13.0 Å². The number of methoxy groups -OCH3 is 1. The molecule has 0 saturated carbocycles. The maximum absolute atomic E-state index is 12.5. The van der Waals surface area contributed by atoms with Crippen LogP contribution < -0.4 is 4.74 Å². The van der Waals surface area contributed by atoms with Gasteiger partial charge in [-0.05, 0) is 62.2 Å². The Morgan fingerprint density at radius 1 is 1.03 bits per heavy atom. The Hall–Kier alpha value is -3.25. The molecule has 2 heterocycles. The summed E-state index contributed by atoms with van der Waals surface area (Å²) >= 11 is 0. The van der Waals surface area contributed by atoms with Gasteiger partial charge in [0.2, 0.25) is 0 Å². The number of amides is 1. The maximum atomic E-state index is 12.5. The SMILES string of the molecule is COc1ccc(-c2ccccc2)cc1CN1CCC(C)(c2nc(C)cc(C(=O)N(C)C)n2)CC1. The first-order valence-corrected chi connectivity index (χ1v) is 11.8. The average molecular weight is 459 g/mol. The van der Waals surface area contributed by atoms with Crippen LogP contribution >= 0.6 is 0 Å². The summed E-state index contributed by atoms with van der Waals surface area (Å²) in [5.74, 6) is 1.61. The summed E-state index contributed by atoms with van der Waals surface area (Å²) < 4.78 is 5.67. The Morgan fingerprint density at radius 3 is 2.38 bits per heavy atom. The summed E-state index contributed by atoms with van der Waals surface area (Å²) in [6, 6.07) is 18.6. The normalized spacial score (nSPS) is 15.7. The van der Waals surface area contributed by atoms with Gasteiger partial charge in [-0.15, -0.1) is 0 Å². The summed E-state index contributed by atoms with van der Waals surface area (Å²) in [5, 5.41) is 0. The zero-order valence-corrected chi connectivity index (χ0v) is 20.8. The molecular formula is C28H34N4O2. The van der Waals surface area contributed by atoms with Gasteiger partial charge in [0, 0.05) is 37.3 Å². The molecule has 1 amide bonds. The maximum Gasteiger partial charge on any atom is 0.272 e. The third kappa shape index (κ3) is 5.12. The number of hydrogen-bond acceptors (Lipinski definition) is 5. The molecule has 1 aromatic heterocycles. The number of carbonyl (C=O) groups excluding carboxylic acids is 1. The van der Waals surface area contributed by atoms with Crippen molar-refractivity contribution in [2.45, 2.75) is 38.6 Å². The van der Waals surface area contributed by atoms with Gasteiger partial charge in [0.05, 0.1) is 7.11 Å². The van der Waals surface area contributed by atoms with Crippen molar-refractivity contribution in [3.8, 4) is 16.9 Å². The second kappa shape index (κ2) is 9.94. The molecular weight excluding hydrogens is 424 g/mol. The Bertz CT molecular complexity index is 1150. The monoisotopic (exact) mass is 458 g/mol. The molecule has 0 aliphatic carbocycles. The molecule has 178 valence electrons. The van der Waals surface area contributed by atoms with Crippen LogP contribution in [0.1, 0.15) is 47.3 Å². The molecule has 1 fully saturated rings. The molecule has 3 aromatic rings. The van der Waals surface area contributed by atoms with E-state index in [-0.39, 0.29) is 11.3 Å². The third-order valence-electron chi connectivity index (χ3n) is 6.76. The van der Waals surface area contributed by atoms with Crippen molar-refractivity contribution in [1.29, 1.82) is 0 Å². The van der Waals surface area contributed by atoms with Crippen molar-refractivity contribution in [3.05, 3.63) is 77.4 Å². The minimum absolute atomic E-state index is 0.0850. The van der Waals surface area contributed by atoms with Crippen LogP contribution in [0.15, 0.2) is 54.6 Å². The van der Waals surface area contributed by atoms with Gasteiger partial charge in [0.25, 0.3) is 5.91 Å². The number of piperidine rings is 1. The topological polar surface area (TPSA) is 58.6 Å². The quantitative estimate of drug-likeness (QED) is 0.535. The summed E-state index contributed by atoms with van der Waals surface area (Å²) in [6.45, 7) is 6.85. The van der Waals surface area contributed by atoms with Crippen LogP contribution in [0.5, 0.6) is 5.75 Å². The van der Waals surface area contributed by atoms with E-state index in [4.69, 9.17) is 14.7 Å². The van der Waals surface area contributed by atoms with Gasteiger partial charge in [-0.25, -0.2) is 9.97 Å². The number of likely N-dealkylation sites (tertiary alicyclic amines) is 1. The second-order valence-corrected chi connectivity index (χ2v) is 9.65. The highest BCUT2D eigenvalue weighted by molar-refractivity contribution is 5.92. The van der Waals surface area contributed by atoms with E-state index in [0.29, 0.717) is 5.69 Å². The molecule has 0 atom stereocenters. The van der Waals surface area contributed by atoms with E-state index >= 15 is 0 Å². The van der Waals surface area contributed by atoms with E-state index in [2.05, 4.69) is 54.3 Å². The summed E-state index contributed by atoms with van der Waals surface area (Å²) in [4.78, 5) is 26.0. The van der Waals surface area contributed by atoms with E-state index in [0.717, 1.165) is 49.7 Å². The van der Waals surface area contributed by atoms with Crippen molar-refractivity contribution >= 4 is 5.91 Å². The van der Waals surface area contributed by atoms with Gasteiger partial charge < -0.3 is 9.64 Å². The Labute approximate surface area is 202 Å². The van der Waals surface area contributed by atoms with Gasteiger partial charge in [0.15, 0.2) is 0 Å². The zero-order chi connectivity index (χ0) is 24.3. The third-order valence-corrected chi connectivity index (χ3v) is 6.76. The molecule has 1 aliphatic rings. The molecule has 6 nitrogen and oxygen atoms in total. The first-order valence-electron chi connectivity index (χ1n) is 11.8. The van der Waals surface area contributed by atoms with E-state index in [9.17, 15) is 4.79 Å². The smallest absolute Gasteiger partial charge is 0.272 e. The highest BCUT2D eigenvalue weighted by atomic mass is 16.5. The van der Waals surface area contributed by atoms with Crippen molar-refractivity contribution in [3.63, 3.8) is 0 Å². The number of aryl methyl sites for hydroxylation is 1. The Morgan fingerprint density at radius 2 is 1.74 bits per heavy atom. The molecule has 1 aliphatic heterocycles. The van der Waals surface area contributed by atoms with Gasteiger partial charge in [-0.2, -0.15) is 0 Å². The van der Waals surface area contributed by atoms with Crippen LogP contribution in [0.2, 0.25) is 0 Å². The van der Waals surface area contributed by atoms with E-state index < -0.39 is 0 Å². The minimum atomic E-state index is -0.153. The van der Waals surface area contributed by atoms with Crippen molar-refractivity contribution in [1.82, 2.24) is 19.8 Å². The molecule has 0 unspecified atom stereocenters. The van der Waals surface area contributed by atoms with Crippen LogP contribution in [0.3, 0.4) is 0 Å². The van der Waals surface area contributed by atoms with Gasteiger partial charge in [-0.3, -0.25) is 9.69 Å². The fraction of sp³-hybridized carbons (Fsp3) is 0.393. The minimum Gasteiger partial charge on any atom is -0.496 e. The number of carbonyl (C=O) groups is 1. The standard InChI is InChI=1S/C28H34N4O2/c1-20-17-24(26(33)31(3)4)30-27(29-20)28(2)13-15-32(16-14-28)19-23-18-22(11-12-25(23)34-5)21-9-7-6-8-10-21/h6-12,17-18H,13-16,19H2,1-5H3. The lowest BCUT2D eigenvalue weighted by atomic mass is 9.79.